The van der Waals surface area contributed by atoms with Crippen molar-refractivity contribution in [2.24, 2.45) is 5.92 Å². The van der Waals surface area contributed by atoms with E-state index >= 15 is 0 Å². The van der Waals surface area contributed by atoms with Crippen LogP contribution in [0.3, 0.4) is 0 Å². The summed E-state index contributed by atoms with van der Waals surface area (Å²) >= 11 is 3.38. The second-order valence-corrected chi connectivity index (χ2v) is 5.43. The van der Waals surface area contributed by atoms with Crippen molar-refractivity contribution in [2.45, 2.75) is 32.9 Å². The van der Waals surface area contributed by atoms with E-state index in [0.717, 1.165) is 16.5 Å². The first-order chi connectivity index (χ1) is 8.04. The lowest BCUT2D eigenvalue weighted by molar-refractivity contribution is 0.243. The number of rotatable bonds is 6. The van der Waals surface area contributed by atoms with Gasteiger partial charge in [-0.05, 0) is 30.5 Å². The molecule has 3 N–H and O–H groups in total. The first kappa shape index (κ1) is 14.5. The molecule has 0 saturated heterocycles. The summed E-state index contributed by atoms with van der Waals surface area (Å²) in [7, 11) is 0. The van der Waals surface area contributed by atoms with Crippen LogP contribution >= 0.6 is 15.9 Å². The van der Waals surface area contributed by atoms with Crippen LogP contribution in [-0.4, -0.2) is 22.9 Å². The van der Waals surface area contributed by atoms with Gasteiger partial charge < -0.3 is 15.5 Å². The van der Waals surface area contributed by atoms with Gasteiger partial charge in [-0.25, -0.2) is 0 Å². The molecular formula is C13H20BrNO2. The van der Waals surface area contributed by atoms with Gasteiger partial charge in [0.15, 0.2) is 0 Å². The fourth-order valence-electron chi connectivity index (χ4n) is 1.75. The summed E-state index contributed by atoms with van der Waals surface area (Å²) in [5, 5.41) is 22.1. The lowest BCUT2D eigenvalue weighted by atomic mass is 10.0. The van der Waals surface area contributed by atoms with E-state index in [0.29, 0.717) is 18.2 Å². The molecule has 1 atom stereocenters. The smallest absolute Gasteiger partial charge is 0.120 e. The summed E-state index contributed by atoms with van der Waals surface area (Å²) < 4.78 is 0.954. The zero-order chi connectivity index (χ0) is 12.8. The van der Waals surface area contributed by atoms with Crippen LogP contribution in [0.15, 0.2) is 22.7 Å². The highest BCUT2D eigenvalue weighted by Gasteiger charge is 2.12. The monoisotopic (exact) mass is 301 g/mol. The van der Waals surface area contributed by atoms with Gasteiger partial charge in [0.05, 0.1) is 0 Å². The Bertz CT molecular complexity index is 355. The van der Waals surface area contributed by atoms with Gasteiger partial charge in [0.25, 0.3) is 0 Å². The normalized spacial score (nSPS) is 13.0. The Labute approximate surface area is 111 Å². The average molecular weight is 302 g/mol. The van der Waals surface area contributed by atoms with Crippen molar-refractivity contribution >= 4 is 15.9 Å². The van der Waals surface area contributed by atoms with Gasteiger partial charge in [-0.1, -0.05) is 29.8 Å². The van der Waals surface area contributed by atoms with Crippen molar-refractivity contribution < 1.29 is 10.2 Å². The molecule has 17 heavy (non-hydrogen) atoms. The molecule has 0 heterocycles. The molecule has 0 aliphatic heterocycles. The van der Waals surface area contributed by atoms with Gasteiger partial charge in [0.2, 0.25) is 0 Å². The highest BCUT2D eigenvalue weighted by molar-refractivity contribution is 9.10. The minimum Gasteiger partial charge on any atom is -0.508 e. The number of aliphatic hydroxyl groups excluding tert-OH is 1. The SMILES string of the molecule is CC(C)C(CCO)NCc1cc(Br)ccc1O. The van der Waals surface area contributed by atoms with Crippen molar-refractivity contribution in [2.75, 3.05) is 6.61 Å². The van der Waals surface area contributed by atoms with Crippen LogP contribution in [0.25, 0.3) is 0 Å². The van der Waals surface area contributed by atoms with E-state index < -0.39 is 0 Å². The molecule has 0 spiro atoms. The van der Waals surface area contributed by atoms with E-state index in [1.54, 1.807) is 6.07 Å². The number of hydrogen-bond acceptors (Lipinski definition) is 3. The molecule has 0 aliphatic carbocycles. The third-order valence-electron chi connectivity index (χ3n) is 2.84. The molecule has 0 saturated carbocycles. The Morgan fingerprint density at radius 1 is 1.35 bits per heavy atom. The highest BCUT2D eigenvalue weighted by atomic mass is 79.9. The van der Waals surface area contributed by atoms with Gasteiger partial charge in [-0.15, -0.1) is 0 Å². The van der Waals surface area contributed by atoms with Crippen molar-refractivity contribution in [1.29, 1.82) is 0 Å². The molecule has 1 unspecified atom stereocenters. The minimum absolute atomic E-state index is 0.181. The van der Waals surface area contributed by atoms with Gasteiger partial charge in [0, 0.05) is 29.2 Å². The Morgan fingerprint density at radius 2 is 2.06 bits per heavy atom. The zero-order valence-corrected chi connectivity index (χ0v) is 11.9. The number of aliphatic hydroxyl groups is 1. The van der Waals surface area contributed by atoms with E-state index in [9.17, 15) is 5.11 Å². The number of phenolic OH excluding ortho intramolecular Hbond substituents is 1. The van der Waals surface area contributed by atoms with Crippen LogP contribution < -0.4 is 5.32 Å². The molecule has 3 nitrogen and oxygen atoms in total. The predicted octanol–water partition coefficient (Wildman–Crippen LogP) is 2.65. The second kappa shape index (κ2) is 6.99. The predicted molar refractivity (Wildman–Crippen MR) is 73.0 cm³/mol. The third kappa shape index (κ3) is 4.66. The fourth-order valence-corrected chi connectivity index (χ4v) is 2.16. The van der Waals surface area contributed by atoms with Gasteiger partial charge in [-0.2, -0.15) is 0 Å². The molecule has 0 aliphatic rings. The van der Waals surface area contributed by atoms with Crippen LogP contribution in [-0.2, 0) is 6.54 Å². The molecular weight excluding hydrogens is 282 g/mol. The van der Waals surface area contributed by atoms with E-state index in [1.807, 2.05) is 12.1 Å². The molecule has 0 aromatic heterocycles. The molecule has 0 amide bonds. The van der Waals surface area contributed by atoms with Crippen LogP contribution in [0, 0.1) is 5.92 Å². The Balaban J connectivity index is 2.61. The number of halogens is 1. The Kier molecular flexibility index (Phi) is 5.95. The number of benzene rings is 1. The van der Waals surface area contributed by atoms with Crippen LogP contribution in [0.4, 0.5) is 0 Å². The van der Waals surface area contributed by atoms with Crippen molar-refractivity contribution in [3.05, 3.63) is 28.2 Å². The second-order valence-electron chi connectivity index (χ2n) is 4.52. The van der Waals surface area contributed by atoms with Crippen LogP contribution in [0.5, 0.6) is 5.75 Å². The highest BCUT2D eigenvalue weighted by Crippen LogP contribution is 2.22. The summed E-state index contributed by atoms with van der Waals surface area (Å²) in [5.74, 6) is 0.753. The summed E-state index contributed by atoms with van der Waals surface area (Å²) in [5.41, 5.74) is 0.864. The first-order valence-electron chi connectivity index (χ1n) is 5.86. The average Bonchev–Trinajstić information content (AvgIpc) is 2.28. The molecule has 1 rings (SSSR count). The molecule has 1 aromatic rings. The standard InChI is InChI=1S/C13H20BrNO2/c1-9(2)12(5-6-16)15-8-10-7-11(14)3-4-13(10)17/h3-4,7,9,12,15-17H,5-6,8H2,1-2H3. The topological polar surface area (TPSA) is 52.5 Å². The maximum atomic E-state index is 9.71. The van der Waals surface area contributed by atoms with Crippen molar-refractivity contribution in [3.63, 3.8) is 0 Å². The van der Waals surface area contributed by atoms with Crippen molar-refractivity contribution in [1.82, 2.24) is 5.32 Å². The summed E-state index contributed by atoms with van der Waals surface area (Å²) in [6, 6.07) is 5.65. The summed E-state index contributed by atoms with van der Waals surface area (Å²) in [4.78, 5) is 0. The minimum atomic E-state index is 0.181. The first-order valence-corrected chi connectivity index (χ1v) is 6.65. The molecule has 96 valence electrons. The molecule has 1 aromatic carbocycles. The lowest BCUT2D eigenvalue weighted by Gasteiger charge is -2.21. The van der Waals surface area contributed by atoms with Crippen LogP contribution in [0.2, 0.25) is 0 Å². The number of aromatic hydroxyl groups is 1. The number of phenols is 1. The molecule has 0 fully saturated rings. The molecule has 4 heteroatoms. The largest absolute Gasteiger partial charge is 0.508 e. The molecule has 0 bridgehead atoms. The molecule has 0 radical (unpaired) electrons. The van der Waals surface area contributed by atoms with Gasteiger partial charge in [0.1, 0.15) is 5.75 Å². The maximum absolute atomic E-state index is 9.71. The summed E-state index contributed by atoms with van der Waals surface area (Å²) in [6.07, 6.45) is 0.729. The van der Waals surface area contributed by atoms with E-state index in [1.165, 1.54) is 0 Å². The fraction of sp³-hybridized carbons (Fsp3) is 0.538. The van der Waals surface area contributed by atoms with E-state index in [4.69, 9.17) is 5.11 Å². The number of nitrogens with one attached hydrogen (secondary N) is 1. The van der Waals surface area contributed by atoms with Gasteiger partial charge in [-0.3, -0.25) is 0 Å². The Hall–Kier alpha value is -0.580. The van der Waals surface area contributed by atoms with Crippen molar-refractivity contribution in [3.8, 4) is 5.75 Å². The lowest BCUT2D eigenvalue weighted by Crippen LogP contribution is -2.34. The maximum Gasteiger partial charge on any atom is 0.120 e. The zero-order valence-electron chi connectivity index (χ0n) is 10.3. The summed E-state index contributed by atoms with van der Waals surface area (Å²) in [6.45, 7) is 5.02. The van der Waals surface area contributed by atoms with E-state index in [2.05, 4.69) is 35.1 Å². The van der Waals surface area contributed by atoms with Gasteiger partial charge >= 0.3 is 0 Å². The number of hydrogen-bond donors (Lipinski definition) is 3. The third-order valence-corrected chi connectivity index (χ3v) is 3.33. The van der Waals surface area contributed by atoms with Crippen LogP contribution in [0.1, 0.15) is 25.8 Å². The quantitative estimate of drug-likeness (QED) is 0.757. The van der Waals surface area contributed by atoms with E-state index in [-0.39, 0.29) is 12.6 Å². The Morgan fingerprint density at radius 3 is 2.65 bits per heavy atom.